The molecule has 1 aromatic heterocycles. The molecule has 0 atom stereocenters. The molecule has 8 heteroatoms. The van der Waals surface area contributed by atoms with Crippen LogP contribution in [0, 0.1) is 0 Å². The molecule has 7 nitrogen and oxygen atoms in total. The quantitative estimate of drug-likeness (QED) is 0.772. The number of carbonyl (C=O) groups excluding carboxylic acids is 1. The molecule has 100 valence electrons. The van der Waals surface area contributed by atoms with E-state index in [0.29, 0.717) is 5.56 Å². The molecule has 0 saturated heterocycles. The lowest BCUT2D eigenvalue weighted by Gasteiger charge is -2.07. The lowest BCUT2D eigenvalue weighted by atomic mass is 10.2. The van der Waals surface area contributed by atoms with E-state index >= 15 is 0 Å². The van der Waals surface area contributed by atoms with E-state index in [0.717, 1.165) is 10.3 Å². The second-order valence-corrected chi connectivity index (χ2v) is 4.89. The molecule has 19 heavy (non-hydrogen) atoms. The number of nitrogens with zero attached hydrogens (tertiary/aromatic N) is 2. The first-order valence-corrected chi connectivity index (χ1v) is 6.51. The van der Waals surface area contributed by atoms with Crippen molar-refractivity contribution in [3.8, 4) is 5.75 Å². The molecule has 0 aliphatic rings. The number of aromatic nitrogens is 2. The topological polar surface area (TPSA) is 87.5 Å². The van der Waals surface area contributed by atoms with Gasteiger partial charge < -0.3 is 8.92 Å². The van der Waals surface area contributed by atoms with Gasteiger partial charge in [-0.1, -0.05) is 0 Å². The Bertz CT molecular complexity index is 662. The summed E-state index contributed by atoms with van der Waals surface area (Å²) >= 11 is 0. The number of methoxy groups -OCH3 is 1. The van der Waals surface area contributed by atoms with Crippen LogP contribution in [0.3, 0.4) is 0 Å². The van der Waals surface area contributed by atoms with Gasteiger partial charge in [0.25, 0.3) is 0 Å². The largest absolute Gasteiger partial charge is 0.465 e. The van der Waals surface area contributed by atoms with Crippen LogP contribution in [0.5, 0.6) is 5.75 Å². The zero-order valence-corrected chi connectivity index (χ0v) is 10.7. The smallest absolute Gasteiger partial charge is 0.414 e. The molecule has 0 N–H and O–H groups in total. The molecule has 0 radical (unpaired) electrons. The molecular weight excluding hydrogens is 272 g/mol. The number of rotatable bonds is 4. The van der Waals surface area contributed by atoms with Crippen LogP contribution in [0.1, 0.15) is 10.4 Å². The first kappa shape index (κ1) is 13.1. The van der Waals surface area contributed by atoms with Gasteiger partial charge in [0.2, 0.25) is 0 Å². The van der Waals surface area contributed by atoms with Gasteiger partial charge in [-0.3, -0.25) is 0 Å². The second kappa shape index (κ2) is 5.11. The van der Waals surface area contributed by atoms with Gasteiger partial charge >= 0.3 is 16.3 Å². The predicted octanol–water partition coefficient (Wildman–Crippen LogP) is 0.842. The highest BCUT2D eigenvalue weighted by Gasteiger charge is 2.15. The van der Waals surface area contributed by atoms with Crippen molar-refractivity contribution in [1.82, 2.24) is 8.96 Å². The number of imidazole rings is 1. The third-order valence-corrected chi connectivity index (χ3v) is 3.35. The fourth-order valence-electron chi connectivity index (χ4n) is 1.31. The van der Waals surface area contributed by atoms with E-state index < -0.39 is 16.3 Å². The highest BCUT2D eigenvalue weighted by atomic mass is 32.2. The number of carbonyl (C=O) groups is 1. The van der Waals surface area contributed by atoms with E-state index in [1.165, 1.54) is 43.8 Å². The van der Waals surface area contributed by atoms with Crippen molar-refractivity contribution in [3.63, 3.8) is 0 Å². The van der Waals surface area contributed by atoms with E-state index in [9.17, 15) is 13.2 Å². The maximum Gasteiger partial charge on any atom is 0.414 e. The number of benzene rings is 1. The third-order valence-electron chi connectivity index (χ3n) is 2.22. The van der Waals surface area contributed by atoms with Crippen molar-refractivity contribution < 1.29 is 22.1 Å². The molecule has 0 bridgehead atoms. The summed E-state index contributed by atoms with van der Waals surface area (Å²) in [5, 5.41) is 0. The normalized spacial score (nSPS) is 11.0. The molecule has 0 aliphatic heterocycles. The molecule has 2 aromatic rings. The van der Waals surface area contributed by atoms with Gasteiger partial charge in [0.05, 0.1) is 12.7 Å². The Kier molecular flexibility index (Phi) is 3.52. The van der Waals surface area contributed by atoms with Crippen LogP contribution in [0.25, 0.3) is 0 Å². The van der Waals surface area contributed by atoms with Crippen LogP contribution in [0.4, 0.5) is 0 Å². The van der Waals surface area contributed by atoms with Gasteiger partial charge in [0.1, 0.15) is 12.1 Å². The second-order valence-electron chi connectivity index (χ2n) is 3.45. The van der Waals surface area contributed by atoms with Gasteiger partial charge in [0, 0.05) is 12.4 Å². The lowest BCUT2D eigenvalue weighted by molar-refractivity contribution is 0.0600. The Morgan fingerprint density at radius 1 is 1.26 bits per heavy atom. The first-order valence-electron chi connectivity index (χ1n) is 5.14. The van der Waals surface area contributed by atoms with E-state index in [1.54, 1.807) is 0 Å². The standard InChI is InChI=1S/C11H10N2O5S/c1-17-11(14)9-2-4-10(5-3-9)18-19(15,16)13-7-6-12-8-13/h2-8H,1H3. The van der Waals surface area contributed by atoms with Gasteiger partial charge in [-0.25, -0.2) is 13.8 Å². The van der Waals surface area contributed by atoms with Crippen LogP contribution in [0.2, 0.25) is 0 Å². The Hall–Kier alpha value is -2.35. The summed E-state index contributed by atoms with van der Waals surface area (Å²) in [5.74, 6) is -0.426. The molecule has 2 rings (SSSR count). The summed E-state index contributed by atoms with van der Waals surface area (Å²) in [7, 11) is -2.71. The van der Waals surface area contributed by atoms with Gasteiger partial charge in [-0.15, -0.1) is 0 Å². The van der Waals surface area contributed by atoms with Crippen LogP contribution < -0.4 is 4.18 Å². The SMILES string of the molecule is COC(=O)c1ccc(OS(=O)(=O)n2ccnc2)cc1. The molecule has 0 amide bonds. The fourth-order valence-corrected chi connectivity index (χ4v) is 2.12. The molecule has 0 fully saturated rings. The lowest BCUT2D eigenvalue weighted by Crippen LogP contribution is -2.17. The van der Waals surface area contributed by atoms with Crippen molar-refractivity contribution in [2.45, 2.75) is 0 Å². The van der Waals surface area contributed by atoms with Gasteiger partial charge in [-0.05, 0) is 24.3 Å². The van der Waals surface area contributed by atoms with Crippen molar-refractivity contribution in [1.29, 1.82) is 0 Å². The number of esters is 1. The Morgan fingerprint density at radius 2 is 1.95 bits per heavy atom. The van der Waals surface area contributed by atoms with Crippen LogP contribution in [0.15, 0.2) is 43.0 Å². The Morgan fingerprint density at radius 3 is 2.47 bits per heavy atom. The number of hydrogen-bond acceptors (Lipinski definition) is 6. The summed E-state index contributed by atoms with van der Waals surface area (Å²) in [6, 6.07) is 5.54. The van der Waals surface area contributed by atoms with Crippen LogP contribution in [-0.2, 0) is 15.0 Å². The minimum absolute atomic E-state index is 0.0846. The monoisotopic (exact) mass is 282 g/mol. The molecule has 0 aliphatic carbocycles. The number of ether oxygens (including phenoxy) is 1. The molecular formula is C11H10N2O5S. The molecule has 0 saturated carbocycles. The Labute approximate surface area is 109 Å². The van der Waals surface area contributed by atoms with Gasteiger partial charge in [-0.2, -0.15) is 8.42 Å². The Balaban J connectivity index is 2.19. The van der Waals surface area contributed by atoms with E-state index in [4.69, 9.17) is 4.18 Å². The first-order chi connectivity index (χ1) is 9.03. The zero-order chi connectivity index (χ0) is 13.9. The molecule has 1 aromatic carbocycles. The highest BCUT2D eigenvalue weighted by molar-refractivity contribution is 7.85. The molecule has 0 unspecified atom stereocenters. The van der Waals surface area contributed by atoms with E-state index in [1.807, 2.05) is 0 Å². The zero-order valence-electron chi connectivity index (χ0n) is 9.89. The minimum atomic E-state index is -3.97. The summed E-state index contributed by atoms with van der Waals surface area (Å²) < 4.78 is 33.7. The van der Waals surface area contributed by atoms with E-state index in [2.05, 4.69) is 9.72 Å². The van der Waals surface area contributed by atoms with Crippen molar-refractivity contribution in [3.05, 3.63) is 48.5 Å². The van der Waals surface area contributed by atoms with Crippen LogP contribution in [-0.4, -0.2) is 30.5 Å². The average molecular weight is 282 g/mol. The summed E-state index contributed by atoms with van der Waals surface area (Å²) in [6.07, 6.45) is 3.68. The highest BCUT2D eigenvalue weighted by Crippen LogP contribution is 2.15. The maximum atomic E-state index is 11.7. The summed E-state index contributed by atoms with van der Waals surface area (Å²) in [6.45, 7) is 0. The fraction of sp³-hybridized carbons (Fsp3) is 0.0909. The summed E-state index contributed by atoms with van der Waals surface area (Å²) in [4.78, 5) is 14.8. The number of hydrogen-bond donors (Lipinski definition) is 0. The maximum absolute atomic E-state index is 11.7. The van der Waals surface area contributed by atoms with Gasteiger partial charge in [0.15, 0.2) is 0 Å². The molecule has 1 heterocycles. The predicted molar refractivity (Wildman–Crippen MR) is 65.0 cm³/mol. The third kappa shape index (κ3) is 2.91. The van der Waals surface area contributed by atoms with Crippen LogP contribution >= 0.6 is 0 Å². The minimum Gasteiger partial charge on any atom is -0.465 e. The average Bonchev–Trinajstić information content (AvgIpc) is 2.93. The van der Waals surface area contributed by atoms with Crippen molar-refractivity contribution >= 4 is 16.3 Å². The molecule has 0 spiro atoms. The summed E-state index contributed by atoms with van der Waals surface area (Å²) in [5.41, 5.74) is 0.301. The van der Waals surface area contributed by atoms with Crippen molar-refractivity contribution in [2.24, 2.45) is 0 Å². The van der Waals surface area contributed by atoms with E-state index in [-0.39, 0.29) is 5.75 Å². The van der Waals surface area contributed by atoms with Crippen molar-refractivity contribution in [2.75, 3.05) is 7.11 Å².